The molecular formula is C11H16N4O. The molecule has 0 saturated heterocycles. The van der Waals surface area contributed by atoms with Gasteiger partial charge in [-0.25, -0.2) is 9.97 Å². The number of nitrogens with zero attached hydrogens (tertiary/aromatic N) is 2. The number of anilines is 2. The van der Waals surface area contributed by atoms with Gasteiger partial charge in [-0.2, -0.15) is 0 Å². The fourth-order valence-electron chi connectivity index (χ4n) is 1.82. The van der Waals surface area contributed by atoms with Crippen LogP contribution < -0.4 is 11.1 Å². The maximum atomic E-state index is 9.24. The van der Waals surface area contributed by atoms with Gasteiger partial charge < -0.3 is 16.2 Å². The van der Waals surface area contributed by atoms with Gasteiger partial charge in [-0.1, -0.05) is 0 Å². The molecule has 2 fully saturated rings. The number of aliphatic hydroxyl groups is 1. The molecule has 0 aromatic carbocycles. The van der Waals surface area contributed by atoms with Gasteiger partial charge in [0.25, 0.3) is 0 Å². The van der Waals surface area contributed by atoms with Crippen molar-refractivity contribution in [2.24, 2.45) is 0 Å². The Balaban J connectivity index is 1.83. The Kier molecular flexibility index (Phi) is 2.04. The van der Waals surface area contributed by atoms with Crippen molar-refractivity contribution in [2.75, 3.05) is 17.7 Å². The minimum Gasteiger partial charge on any atom is -0.394 e. The molecule has 0 amide bonds. The van der Waals surface area contributed by atoms with Crippen molar-refractivity contribution in [3.8, 4) is 0 Å². The van der Waals surface area contributed by atoms with Gasteiger partial charge in [0.1, 0.15) is 17.5 Å². The van der Waals surface area contributed by atoms with Crippen molar-refractivity contribution in [1.82, 2.24) is 9.97 Å². The fourth-order valence-corrected chi connectivity index (χ4v) is 1.82. The van der Waals surface area contributed by atoms with E-state index in [9.17, 15) is 5.11 Å². The average molecular weight is 220 g/mol. The second-order valence-electron chi connectivity index (χ2n) is 4.87. The van der Waals surface area contributed by atoms with Crippen LogP contribution in [0.1, 0.15) is 37.4 Å². The molecule has 5 heteroatoms. The summed E-state index contributed by atoms with van der Waals surface area (Å²) in [6.45, 7) is 0.148. The van der Waals surface area contributed by atoms with Crippen molar-refractivity contribution >= 4 is 11.6 Å². The van der Waals surface area contributed by atoms with E-state index in [2.05, 4.69) is 15.3 Å². The van der Waals surface area contributed by atoms with Gasteiger partial charge >= 0.3 is 0 Å². The lowest BCUT2D eigenvalue weighted by molar-refractivity contribution is 0.266. The van der Waals surface area contributed by atoms with Crippen LogP contribution in [0.2, 0.25) is 0 Å². The Morgan fingerprint density at radius 1 is 1.44 bits per heavy atom. The van der Waals surface area contributed by atoms with Crippen LogP contribution in [0.5, 0.6) is 0 Å². The fraction of sp³-hybridized carbons (Fsp3) is 0.636. The van der Waals surface area contributed by atoms with Crippen molar-refractivity contribution in [1.29, 1.82) is 0 Å². The number of hydrogen-bond donors (Lipinski definition) is 3. The highest BCUT2D eigenvalue weighted by Crippen LogP contribution is 2.40. The van der Waals surface area contributed by atoms with Crippen molar-refractivity contribution in [3.05, 3.63) is 11.9 Å². The first-order chi connectivity index (χ1) is 7.71. The lowest BCUT2D eigenvalue weighted by atomic mass is 10.3. The van der Waals surface area contributed by atoms with E-state index in [1.165, 1.54) is 0 Å². The Morgan fingerprint density at radius 3 is 2.75 bits per heavy atom. The molecule has 2 aliphatic rings. The highest BCUT2D eigenvalue weighted by molar-refractivity contribution is 5.48. The molecule has 0 radical (unpaired) electrons. The Hall–Kier alpha value is -1.36. The summed E-state index contributed by atoms with van der Waals surface area (Å²) in [7, 11) is 0. The quantitative estimate of drug-likeness (QED) is 0.701. The second-order valence-corrected chi connectivity index (χ2v) is 4.87. The van der Waals surface area contributed by atoms with Crippen molar-refractivity contribution < 1.29 is 5.11 Å². The molecule has 2 saturated carbocycles. The SMILES string of the molecule is Nc1cc(NC2(CO)CC2)nc(C2CC2)n1. The third-order valence-electron chi connectivity index (χ3n) is 3.26. The van der Waals surface area contributed by atoms with Crippen LogP contribution in [0.4, 0.5) is 11.6 Å². The van der Waals surface area contributed by atoms with Crippen LogP contribution in [-0.2, 0) is 0 Å². The predicted octanol–water partition coefficient (Wildman–Crippen LogP) is 0.873. The first kappa shape index (κ1) is 9.84. The summed E-state index contributed by atoms with van der Waals surface area (Å²) >= 11 is 0. The van der Waals surface area contributed by atoms with E-state index in [1.54, 1.807) is 6.07 Å². The van der Waals surface area contributed by atoms with Gasteiger partial charge in [-0.15, -0.1) is 0 Å². The molecule has 3 rings (SSSR count). The minimum atomic E-state index is -0.151. The topological polar surface area (TPSA) is 84.1 Å². The predicted molar refractivity (Wildman–Crippen MR) is 61.1 cm³/mol. The number of nitrogens with two attached hydrogens (primary N) is 1. The highest BCUT2D eigenvalue weighted by Gasteiger charge is 2.42. The number of nitrogens with one attached hydrogen (secondary N) is 1. The van der Waals surface area contributed by atoms with Crippen LogP contribution in [0.3, 0.4) is 0 Å². The van der Waals surface area contributed by atoms with Gasteiger partial charge in [-0.3, -0.25) is 0 Å². The molecule has 0 aliphatic heterocycles. The zero-order chi connectivity index (χ0) is 11.2. The average Bonchev–Trinajstić information content (AvgIpc) is 3.13. The van der Waals surface area contributed by atoms with Crippen molar-refractivity contribution in [2.45, 2.75) is 37.1 Å². The molecule has 2 aliphatic carbocycles. The van der Waals surface area contributed by atoms with Crippen LogP contribution in [-0.4, -0.2) is 27.2 Å². The van der Waals surface area contributed by atoms with Crippen LogP contribution in [0.25, 0.3) is 0 Å². The van der Waals surface area contributed by atoms with Gasteiger partial charge in [0.2, 0.25) is 0 Å². The van der Waals surface area contributed by atoms with Crippen LogP contribution >= 0.6 is 0 Å². The minimum absolute atomic E-state index is 0.148. The maximum absolute atomic E-state index is 9.24. The molecule has 1 heterocycles. The van der Waals surface area contributed by atoms with E-state index in [4.69, 9.17) is 5.73 Å². The molecule has 5 nitrogen and oxygen atoms in total. The molecule has 0 bridgehead atoms. The molecular weight excluding hydrogens is 204 g/mol. The summed E-state index contributed by atoms with van der Waals surface area (Å²) in [4.78, 5) is 8.69. The third-order valence-corrected chi connectivity index (χ3v) is 3.26. The van der Waals surface area contributed by atoms with E-state index in [0.717, 1.165) is 37.3 Å². The van der Waals surface area contributed by atoms with Gasteiger partial charge in [-0.05, 0) is 25.7 Å². The third kappa shape index (κ3) is 1.82. The largest absolute Gasteiger partial charge is 0.394 e. The number of aromatic nitrogens is 2. The summed E-state index contributed by atoms with van der Waals surface area (Å²) < 4.78 is 0. The number of rotatable bonds is 4. The zero-order valence-electron chi connectivity index (χ0n) is 9.11. The smallest absolute Gasteiger partial charge is 0.136 e. The van der Waals surface area contributed by atoms with Crippen LogP contribution in [0, 0.1) is 0 Å². The summed E-state index contributed by atoms with van der Waals surface area (Å²) in [5.41, 5.74) is 5.60. The molecule has 86 valence electrons. The molecule has 1 aromatic heterocycles. The monoisotopic (exact) mass is 220 g/mol. The van der Waals surface area contributed by atoms with Crippen LogP contribution in [0.15, 0.2) is 6.07 Å². The Bertz CT molecular complexity index is 412. The van der Waals surface area contributed by atoms with E-state index < -0.39 is 0 Å². The van der Waals surface area contributed by atoms with Crippen molar-refractivity contribution in [3.63, 3.8) is 0 Å². The molecule has 0 atom stereocenters. The molecule has 0 unspecified atom stereocenters. The lowest BCUT2D eigenvalue weighted by Crippen LogP contribution is -2.26. The Morgan fingerprint density at radius 2 is 2.19 bits per heavy atom. The maximum Gasteiger partial charge on any atom is 0.136 e. The van der Waals surface area contributed by atoms with E-state index in [-0.39, 0.29) is 12.1 Å². The van der Waals surface area contributed by atoms with E-state index in [1.807, 2.05) is 0 Å². The molecule has 16 heavy (non-hydrogen) atoms. The second kappa shape index (κ2) is 3.31. The lowest BCUT2D eigenvalue weighted by Gasteiger charge is -2.15. The summed E-state index contributed by atoms with van der Waals surface area (Å²) in [5.74, 6) is 2.60. The summed E-state index contributed by atoms with van der Waals surface area (Å²) in [6.07, 6.45) is 4.31. The number of hydrogen-bond acceptors (Lipinski definition) is 5. The molecule has 1 aromatic rings. The van der Waals surface area contributed by atoms with Gasteiger partial charge in [0, 0.05) is 12.0 Å². The zero-order valence-corrected chi connectivity index (χ0v) is 9.11. The summed E-state index contributed by atoms with van der Waals surface area (Å²) in [5, 5.41) is 12.5. The highest BCUT2D eigenvalue weighted by atomic mass is 16.3. The van der Waals surface area contributed by atoms with E-state index in [0.29, 0.717) is 11.7 Å². The van der Waals surface area contributed by atoms with Gasteiger partial charge in [0.05, 0.1) is 12.1 Å². The standard InChI is InChI=1S/C11H16N4O/c12-8-5-9(15-11(6-16)3-4-11)14-10(13-8)7-1-2-7/h5,7,16H,1-4,6H2,(H3,12,13,14,15). The van der Waals surface area contributed by atoms with E-state index >= 15 is 0 Å². The normalized spacial score (nSPS) is 21.8. The Labute approximate surface area is 94.1 Å². The summed E-state index contributed by atoms with van der Waals surface area (Å²) in [6, 6.07) is 1.74. The molecule has 4 N–H and O–H groups in total. The first-order valence-electron chi connectivity index (χ1n) is 5.74. The number of aliphatic hydroxyl groups excluding tert-OH is 1. The van der Waals surface area contributed by atoms with Gasteiger partial charge in [0.15, 0.2) is 0 Å². The first-order valence-corrected chi connectivity index (χ1v) is 5.74. The number of nitrogen functional groups attached to an aromatic ring is 1. The molecule has 0 spiro atoms.